The Balaban J connectivity index is 2.92. The van der Waals surface area contributed by atoms with Crippen LogP contribution < -0.4 is 0 Å². The van der Waals surface area contributed by atoms with Crippen LogP contribution in [0.2, 0.25) is 0 Å². The minimum atomic E-state index is -3.24. The van der Waals surface area contributed by atoms with Crippen LogP contribution >= 0.6 is 0 Å². The molecule has 188 valence electrons. The highest BCUT2D eigenvalue weighted by Gasteiger charge is 2.65. The fourth-order valence-corrected chi connectivity index (χ4v) is 4.02. The van der Waals surface area contributed by atoms with E-state index in [1.807, 2.05) is 0 Å². The van der Waals surface area contributed by atoms with Crippen molar-refractivity contribution in [3.63, 3.8) is 0 Å². The minimum absolute atomic E-state index is 0.519. The highest BCUT2D eigenvalue weighted by molar-refractivity contribution is 5.87. The summed E-state index contributed by atoms with van der Waals surface area (Å²) in [7, 11) is 0. The molecule has 0 aliphatic heterocycles. The smallest absolute Gasteiger partial charge is 0.263 e. The molecule has 0 aromatic heterocycles. The molecule has 0 atom stereocenters. The summed E-state index contributed by atoms with van der Waals surface area (Å²) < 4.78 is 0. The maximum absolute atomic E-state index is 12.8. The van der Waals surface area contributed by atoms with E-state index in [-0.39, 0.29) is 0 Å². The van der Waals surface area contributed by atoms with Crippen molar-refractivity contribution in [3.8, 4) is 0 Å². The molecule has 0 fully saturated rings. The molecule has 18 nitrogen and oxygen atoms in total. The first kappa shape index (κ1) is 25.7. The second-order valence-electron chi connectivity index (χ2n) is 7.10. The van der Waals surface area contributed by atoms with Gasteiger partial charge in [-0.3, -0.25) is 60.7 Å². The molecule has 3 rings (SSSR count). The Bertz CT molecular complexity index is 1400. The Morgan fingerprint density at radius 2 is 0.703 bits per heavy atom. The molecule has 0 N–H and O–H groups in total. The summed E-state index contributed by atoms with van der Waals surface area (Å²) in [5, 5.41) is 72.6. The monoisotopic (exact) mass is 514 g/mol. The van der Waals surface area contributed by atoms with Gasteiger partial charge in [-0.25, -0.2) is 0 Å². The number of nitrogens with zero attached hydrogens (tertiary/aromatic N) is 6. The second kappa shape index (κ2) is 9.37. The third kappa shape index (κ3) is 3.88. The molecule has 0 aliphatic carbocycles. The SMILES string of the molecule is O=[N+]([O-])c1c([N+](=O)[O-])c([N+](=O)[O-])c(C(c2ccccc2)(c2ccccc2)[N+](=O)[O-])c([N+](=O)[O-])c1[N+](=O)[O-]. The van der Waals surface area contributed by atoms with Gasteiger partial charge in [-0.05, 0) is 0 Å². The van der Waals surface area contributed by atoms with Gasteiger partial charge in [-0.1, -0.05) is 60.7 Å². The van der Waals surface area contributed by atoms with E-state index in [1.54, 1.807) is 0 Å². The summed E-state index contributed by atoms with van der Waals surface area (Å²) in [5.74, 6) is 0. The van der Waals surface area contributed by atoms with Crippen LogP contribution in [0.5, 0.6) is 0 Å². The fraction of sp³-hybridized carbons (Fsp3) is 0.0526. The van der Waals surface area contributed by atoms with Crippen molar-refractivity contribution in [1.29, 1.82) is 0 Å². The van der Waals surface area contributed by atoms with Crippen molar-refractivity contribution in [2.45, 2.75) is 5.54 Å². The van der Waals surface area contributed by atoms with Crippen LogP contribution in [0.3, 0.4) is 0 Å². The third-order valence-corrected chi connectivity index (χ3v) is 5.30. The average molecular weight is 514 g/mol. The maximum Gasteiger partial charge on any atom is 0.437 e. The number of nitro groups is 6. The highest BCUT2D eigenvalue weighted by Crippen LogP contribution is 2.58. The number of benzene rings is 3. The Morgan fingerprint density at radius 1 is 0.432 bits per heavy atom. The Hall–Kier alpha value is -5.94. The lowest BCUT2D eigenvalue weighted by molar-refractivity contribution is -0.556. The van der Waals surface area contributed by atoms with Crippen molar-refractivity contribution >= 4 is 28.4 Å². The van der Waals surface area contributed by atoms with Gasteiger partial charge in [0.2, 0.25) is 5.56 Å². The predicted octanol–water partition coefficient (Wildman–Crippen LogP) is 3.80. The molecular weight excluding hydrogens is 504 g/mol. The normalized spacial score (nSPS) is 10.9. The maximum atomic E-state index is 12.8. The predicted molar refractivity (Wildman–Crippen MR) is 119 cm³/mol. The average Bonchev–Trinajstić information content (AvgIpc) is 2.83. The molecule has 37 heavy (non-hydrogen) atoms. The van der Waals surface area contributed by atoms with Gasteiger partial charge in [0.25, 0.3) is 0 Å². The number of rotatable bonds is 9. The van der Waals surface area contributed by atoms with Gasteiger partial charge in [0.15, 0.2) is 0 Å². The van der Waals surface area contributed by atoms with Crippen molar-refractivity contribution in [2.24, 2.45) is 0 Å². The minimum Gasteiger partial charge on any atom is -0.263 e. The lowest BCUT2D eigenvalue weighted by Crippen LogP contribution is -2.39. The molecule has 0 saturated heterocycles. The van der Waals surface area contributed by atoms with Crippen molar-refractivity contribution in [2.75, 3.05) is 0 Å². The largest absolute Gasteiger partial charge is 0.437 e. The molecule has 0 heterocycles. The number of nitro benzene ring substituents is 5. The summed E-state index contributed by atoms with van der Waals surface area (Å²) in [4.78, 5) is 62.8. The topological polar surface area (TPSA) is 259 Å². The molecule has 3 aromatic rings. The molecule has 0 unspecified atom stereocenters. The highest BCUT2D eigenvalue weighted by atomic mass is 16.7. The Kier molecular flexibility index (Phi) is 6.50. The van der Waals surface area contributed by atoms with E-state index in [9.17, 15) is 60.7 Å². The van der Waals surface area contributed by atoms with Crippen LogP contribution in [-0.2, 0) is 5.54 Å². The van der Waals surface area contributed by atoms with E-state index in [0.717, 1.165) is 24.3 Å². The molecule has 3 aromatic carbocycles. The standard InChI is InChI=1S/C19H10N6O12/c26-20(27)14-13(15(21(28)29)17(23(32)33)18(24(34)35)16(14)22(30)31)19(25(36)37,11-7-3-1-4-8-11)12-9-5-2-6-10-12/h1-10H. The third-order valence-electron chi connectivity index (χ3n) is 5.30. The molecule has 0 bridgehead atoms. The van der Waals surface area contributed by atoms with Crippen LogP contribution in [0.1, 0.15) is 16.7 Å². The molecular formula is C19H10N6O12. The van der Waals surface area contributed by atoms with Gasteiger partial charge in [-0.2, -0.15) is 0 Å². The Morgan fingerprint density at radius 3 is 0.946 bits per heavy atom. The molecule has 0 saturated carbocycles. The lowest BCUT2D eigenvalue weighted by atomic mass is 9.75. The van der Waals surface area contributed by atoms with Crippen LogP contribution in [-0.4, -0.2) is 29.5 Å². The quantitative estimate of drug-likeness (QED) is 0.224. The van der Waals surface area contributed by atoms with Crippen LogP contribution in [0.4, 0.5) is 28.4 Å². The summed E-state index contributed by atoms with van der Waals surface area (Å²) >= 11 is 0. The van der Waals surface area contributed by atoms with Gasteiger partial charge in [0.05, 0.1) is 24.6 Å². The van der Waals surface area contributed by atoms with Crippen molar-refractivity contribution in [3.05, 3.63) is 138 Å². The lowest BCUT2D eigenvalue weighted by Gasteiger charge is -2.26. The Labute approximate surface area is 202 Å². The van der Waals surface area contributed by atoms with Gasteiger partial charge in [-0.15, -0.1) is 0 Å². The van der Waals surface area contributed by atoms with Crippen molar-refractivity contribution < 1.29 is 29.5 Å². The molecule has 0 amide bonds. The molecule has 0 radical (unpaired) electrons. The first-order chi connectivity index (χ1) is 17.4. The summed E-state index contributed by atoms with van der Waals surface area (Å²) in [5.41, 5.74) is -16.4. The number of hydrogen-bond donors (Lipinski definition) is 0. The van der Waals surface area contributed by atoms with E-state index in [0.29, 0.717) is 0 Å². The fourth-order valence-electron chi connectivity index (χ4n) is 4.02. The summed E-state index contributed by atoms with van der Waals surface area (Å²) in [6.45, 7) is 0. The molecule has 0 aliphatic rings. The zero-order valence-corrected chi connectivity index (χ0v) is 17.9. The van der Waals surface area contributed by atoms with Gasteiger partial charge < -0.3 is 0 Å². The van der Waals surface area contributed by atoms with Crippen molar-refractivity contribution in [1.82, 2.24) is 0 Å². The van der Waals surface area contributed by atoms with Gasteiger partial charge >= 0.3 is 34.0 Å². The van der Waals surface area contributed by atoms with Crippen LogP contribution in [0.15, 0.2) is 60.7 Å². The first-order valence-corrected chi connectivity index (χ1v) is 9.60. The second-order valence-corrected chi connectivity index (χ2v) is 7.10. The molecule has 18 heteroatoms. The van der Waals surface area contributed by atoms with Crippen LogP contribution in [0.25, 0.3) is 0 Å². The van der Waals surface area contributed by atoms with E-state index >= 15 is 0 Å². The van der Waals surface area contributed by atoms with Crippen LogP contribution in [0, 0.1) is 60.7 Å². The van der Waals surface area contributed by atoms with E-state index in [2.05, 4.69) is 0 Å². The van der Waals surface area contributed by atoms with Gasteiger partial charge in [0, 0.05) is 16.1 Å². The summed E-state index contributed by atoms with van der Waals surface area (Å²) in [6, 6.07) is 11.6. The summed E-state index contributed by atoms with van der Waals surface area (Å²) in [6.07, 6.45) is 0. The van der Waals surface area contributed by atoms with Gasteiger partial charge in [0.1, 0.15) is 0 Å². The van der Waals surface area contributed by atoms with E-state index in [4.69, 9.17) is 0 Å². The zero-order valence-electron chi connectivity index (χ0n) is 17.9. The van der Waals surface area contributed by atoms with E-state index in [1.165, 1.54) is 36.4 Å². The first-order valence-electron chi connectivity index (χ1n) is 9.60. The van der Waals surface area contributed by atoms with E-state index < -0.39 is 80.2 Å². The number of hydrogen-bond acceptors (Lipinski definition) is 12. The zero-order chi connectivity index (χ0) is 27.7. The molecule has 0 spiro atoms.